The molecule has 0 aliphatic heterocycles. The van der Waals surface area contributed by atoms with E-state index in [1.807, 2.05) is 0 Å². The van der Waals surface area contributed by atoms with Crippen molar-refractivity contribution in [2.24, 2.45) is 0 Å². The standard InChI is InChI=1S/C57H43N/c1-56(2,3)44-36-53-55(49-22-12-15-25-52(49)57(53)50-23-13-10-20-47(50)48-21-11-14-24-51(48)57)54(37-44)58(45-31-28-40(29-32-45)38-16-6-4-7-17-38)46-33-30-42-34-41(26-27-43(42)35-46)39-18-8-5-9-19-39/h4-37H,1-3H3. The van der Waals surface area contributed by atoms with Gasteiger partial charge in [0.1, 0.15) is 0 Å². The largest absolute Gasteiger partial charge is 0.310 e. The van der Waals surface area contributed by atoms with Crippen molar-refractivity contribution in [3.63, 3.8) is 0 Å². The van der Waals surface area contributed by atoms with Crippen LogP contribution in [0.3, 0.4) is 0 Å². The summed E-state index contributed by atoms with van der Waals surface area (Å²) in [4.78, 5) is 2.52. The smallest absolute Gasteiger partial charge is 0.0726 e. The number of benzene rings is 9. The third-order valence-electron chi connectivity index (χ3n) is 12.6. The fraction of sp³-hybridized carbons (Fsp3) is 0.0877. The van der Waals surface area contributed by atoms with Crippen molar-refractivity contribution in [3.05, 3.63) is 234 Å². The van der Waals surface area contributed by atoms with Crippen LogP contribution in [0.4, 0.5) is 17.1 Å². The number of hydrogen-bond acceptors (Lipinski definition) is 1. The molecular weight excluding hydrogens is 699 g/mol. The Kier molecular flexibility index (Phi) is 7.72. The first-order valence-corrected chi connectivity index (χ1v) is 20.4. The molecule has 58 heavy (non-hydrogen) atoms. The summed E-state index contributed by atoms with van der Waals surface area (Å²) in [6.07, 6.45) is 0. The van der Waals surface area contributed by atoms with Gasteiger partial charge in [-0.3, -0.25) is 0 Å². The second-order valence-electron chi connectivity index (χ2n) is 16.9. The van der Waals surface area contributed by atoms with E-state index in [-0.39, 0.29) is 5.41 Å². The summed E-state index contributed by atoms with van der Waals surface area (Å²) >= 11 is 0. The van der Waals surface area contributed by atoms with Crippen LogP contribution >= 0.6 is 0 Å². The lowest BCUT2D eigenvalue weighted by Crippen LogP contribution is -2.27. The second kappa shape index (κ2) is 13.0. The minimum atomic E-state index is -0.449. The highest BCUT2D eigenvalue weighted by Crippen LogP contribution is 2.65. The van der Waals surface area contributed by atoms with Crippen LogP contribution in [0, 0.1) is 0 Å². The number of fused-ring (bicyclic) bond motifs is 11. The van der Waals surface area contributed by atoms with Gasteiger partial charge in [-0.05, 0) is 119 Å². The lowest BCUT2D eigenvalue weighted by atomic mass is 9.69. The predicted octanol–water partition coefficient (Wildman–Crippen LogP) is 15.3. The van der Waals surface area contributed by atoms with Gasteiger partial charge in [-0.2, -0.15) is 0 Å². The summed E-state index contributed by atoms with van der Waals surface area (Å²) in [5.74, 6) is 0. The van der Waals surface area contributed by atoms with E-state index in [2.05, 4.69) is 232 Å². The van der Waals surface area contributed by atoms with Gasteiger partial charge in [-0.1, -0.05) is 191 Å². The van der Waals surface area contributed by atoms with Crippen molar-refractivity contribution in [1.29, 1.82) is 0 Å². The molecular formula is C57H43N. The maximum atomic E-state index is 2.54. The van der Waals surface area contributed by atoms with Gasteiger partial charge < -0.3 is 4.90 Å². The minimum absolute atomic E-state index is 0.114. The van der Waals surface area contributed by atoms with Crippen LogP contribution in [0.25, 0.3) is 55.3 Å². The molecule has 0 amide bonds. The Morgan fingerprint density at radius 2 is 0.828 bits per heavy atom. The molecule has 0 fully saturated rings. The first-order chi connectivity index (χ1) is 28.4. The highest BCUT2D eigenvalue weighted by molar-refractivity contribution is 6.02. The lowest BCUT2D eigenvalue weighted by molar-refractivity contribution is 0.588. The summed E-state index contributed by atoms with van der Waals surface area (Å²) in [5, 5.41) is 2.43. The van der Waals surface area contributed by atoms with Gasteiger partial charge in [0.2, 0.25) is 0 Å². The Hall–Kier alpha value is -6.96. The van der Waals surface area contributed by atoms with Crippen LogP contribution in [0.2, 0.25) is 0 Å². The molecule has 0 unspecified atom stereocenters. The molecule has 2 aliphatic rings. The predicted molar refractivity (Wildman–Crippen MR) is 245 cm³/mol. The maximum absolute atomic E-state index is 2.54. The Morgan fingerprint density at radius 3 is 1.45 bits per heavy atom. The van der Waals surface area contributed by atoms with E-state index < -0.39 is 5.41 Å². The van der Waals surface area contributed by atoms with Gasteiger partial charge in [0.25, 0.3) is 0 Å². The topological polar surface area (TPSA) is 3.24 Å². The molecule has 1 nitrogen and oxygen atoms in total. The fourth-order valence-electron chi connectivity index (χ4n) is 9.85. The lowest BCUT2D eigenvalue weighted by Gasteiger charge is -2.34. The van der Waals surface area contributed by atoms with Gasteiger partial charge in [0.05, 0.1) is 11.1 Å². The average Bonchev–Trinajstić information content (AvgIpc) is 3.74. The maximum Gasteiger partial charge on any atom is 0.0726 e. The number of anilines is 3. The van der Waals surface area contributed by atoms with Crippen LogP contribution in [-0.4, -0.2) is 0 Å². The number of rotatable bonds is 5. The summed E-state index contributed by atoms with van der Waals surface area (Å²) in [7, 11) is 0. The summed E-state index contributed by atoms with van der Waals surface area (Å²) in [6.45, 7) is 7.05. The first kappa shape index (κ1) is 34.3. The van der Waals surface area contributed by atoms with Gasteiger partial charge >= 0.3 is 0 Å². The molecule has 0 atom stereocenters. The molecule has 0 saturated heterocycles. The molecule has 1 heteroatoms. The molecule has 9 aromatic rings. The van der Waals surface area contributed by atoms with E-state index in [4.69, 9.17) is 0 Å². The molecule has 0 heterocycles. The molecule has 2 aliphatic carbocycles. The molecule has 0 N–H and O–H groups in total. The Morgan fingerprint density at radius 1 is 0.362 bits per heavy atom. The van der Waals surface area contributed by atoms with Gasteiger partial charge in [0, 0.05) is 16.9 Å². The van der Waals surface area contributed by atoms with Crippen LogP contribution < -0.4 is 4.90 Å². The van der Waals surface area contributed by atoms with Crippen molar-refractivity contribution in [3.8, 4) is 44.5 Å². The number of nitrogens with zero attached hydrogens (tertiary/aromatic N) is 1. The Balaban J connectivity index is 1.20. The molecule has 0 saturated carbocycles. The summed E-state index contributed by atoms with van der Waals surface area (Å²) in [6, 6.07) is 76.8. The highest BCUT2D eigenvalue weighted by Gasteiger charge is 2.52. The van der Waals surface area contributed by atoms with Gasteiger partial charge in [-0.15, -0.1) is 0 Å². The third kappa shape index (κ3) is 5.16. The van der Waals surface area contributed by atoms with Crippen molar-refractivity contribution in [1.82, 2.24) is 0 Å². The van der Waals surface area contributed by atoms with Gasteiger partial charge in [0.15, 0.2) is 0 Å². The zero-order chi connectivity index (χ0) is 39.0. The third-order valence-corrected chi connectivity index (χ3v) is 12.6. The zero-order valence-electron chi connectivity index (χ0n) is 33.1. The fourth-order valence-corrected chi connectivity index (χ4v) is 9.85. The van der Waals surface area contributed by atoms with Gasteiger partial charge in [-0.25, -0.2) is 0 Å². The van der Waals surface area contributed by atoms with Crippen molar-refractivity contribution < 1.29 is 0 Å². The molecule has 1 spiro atoms. The molecule has 9 aromatic carbocycles. The zero-order valence-corrected chi connectivity index (χ0v) is 33.1. The molecule has 276 valence electrons. The minimum Gasteiger partial charge on any atom is -0.310 e. The van der Waals surface area contributed by atoms with E-state index in [0.29, 0.717) is 0 Å². The van der Waals surface area contributed by atoms with Crippen LogP contribution in [-0.2, 0) is 10.8 Å². The number of hydrogen-bond donors (Lipinski definition) is 0. The first-order valence-electron chi connectivity index (χ1n) is 20.4. The Labute approximate surface area is 341 Å². The van der Waals surface area contributed by atoms with E-state index in [0.717, 1.165) is 11.4 Å². The average molecular weight is 742 g/mol. The van der Waals surface area contributed by atoms with E-state index >= 15 is 0 Å². The second-order valence-corrected chi connectivity index (χ2v) is 16.9. The van der Waals surface area contributed by atoms with E-state index in [1.54, 1.807) is 0 Å². The normalized spacial score (nSPS) is 13.2. The molecule has 0 radical (unpaired) electrons. The SMILES string of the molecule is CC(C)(C)c1cc(N(c2ccc(-c3ccccc3)cc2)c2ccc3cc(-c4ccccc4)ccc3c2)c2c(c1)C1(c3ccccc3-c3ccccc31)c1ccccc1-2. The van der Waals surface area contributed by atoms with Crippen LogP contribution in [0.5, 0.6) is 0 Å². The summed E-state index contributed by atoms with van der Waals surface area (Å²) in [5.41, 5.74) is 19.7. The monoisotopic (exact) mass is 741 g/mol. The molecule has 0 bridgehead atoms. The quantitative estimate of drug-likeness (QED) is 0.170. The van der Waals surface area contributed by atoms with Crippen molar-refractivity contribution >= 4 is 27.8 Å². The highest BCUT2D eigenvalue weighted by atomic mass is 15.1. The van der Waals surface area contributed by atoms with Crippen LogP contribution in [0.1, 0.15) is 48.6 Å². The van der Waals surface area contributed by atoms with E-state index in [1.165, 1.54) is 88.8 Å². The molecule has 11 rings (SSSR count). The summed E-state index contributed by atoms with van der Waals surface area (Å²) < 4.78 is 0. The Bertz CT molecular complexity index is 2980. The van der Waals surface area contributed by atoms with E-state index in [9.17, 15) is 0 Å². The molecule has 0 aromatic heterocycles. The van der Waals surface area contributed by atoms with Crippen molar-refractivity contribution in [2.75, 3.05) is 4.90 Å². The van der Waals surface area contributed by atoms with Crippen molar-refractivity contribution in [2.45, 2.75) is 31.6 Å². The van der Waals surface area contributed by atoms with Crippen LogP contribution in [0.15, 0.2) is 206 Å².